The molecule has 2 amide bonds. The number of para-hydroxylation sites is 2. The minimum Gasteiger partial charge on any atom is -0.325 e. The van der Waals surface area contributed by atoms with Crippen LogP contribution in [0.25, 0.3) is 5.69 Å². The summed E-state index contributed by atoms with van der Waals surface area (Å²) in [6.07, 6.45) is 0. The quantitative estimate of drug-likeness (QED) is 0.419. The maximum atomic E-state index is 12.7. The van der Waals surface area contributed by atoms with Crippen LogP contribution in [0.15, 0.2) is 84.0 Å². The largest absolute Gasteiger partial charge is 0.325 e. The van der Waals surface area contributed by atoms with E-state index in [9.17, 15) is 9.59 Å². The number of aromatic nitrogens is 4. The average Bonchev–Trinajstić information content (AvgIpc) is 3.27. The third-order valence-corrected chi connectivity index (χ3v) is 5.42. The van der Waals surface area contributed by atoms with Crippen molar-refractivity contribution in [3.05, 3.63) is 90.0 Å². The van der Waals surface area contributed by atoms with E-state index in [-0.39, 0.29) is 17.6 Å². The molecule has 8 nitrogen and oxygen atoms in total. The van der Waals surface area contributed by atoms with E-state index in [0.717, 1.165) is 11.3 Å². The second-order valence-electron chi connectivity index (χ2n) is 6.91. The Kier molecular flexibility index (Phi) is 6.57. The number of nitrogens with one attached hydrogen (secondary N) is 2. The Bertz CT molecular complexity index is 1240. The predicted octanol–water partition coefficient (Wildman–Crippen LogP) is 3.95. The van der Waals surface area contributed by atoms with Gasteiger partial charge in [0, 0.05) is 5.69 Å². The molecule has 0 aliphatic heterocycles. The zero-order valence-electron chi connectivity index (χ0n) is 17.2. The fourth-order valence-electron chi connectivity index (χ4n) is 3.02. The smallest absolute Gasteiger partial charge is 0.257 e. The van der Waals surface area contributed by atoms with Gasteiger partial charge in [0.1, 0.15) is 0 Å². The molecule has 0 saturated heterocycles. The van der Waals surface area contributed by atoms with Crippen LogP contribution in [0.4, 0.5) is 11.4 Å². The first-order valence-corrected chi connectivity index (χ1v) is 10.8. The van der Waals surface area contributed by atoms with Crippen LogP contribution >= 0.6 is 11.8 Å². The predicted molar refractivity (Wildman–Crippen MR) is 124 cm³/mol. The van der Waals surface area contributed by atoms with E-state index < -0.39 is 0 Å². The molecule has 2 N–H and O–H groups in total. The highest BCUT2D eigenvalue weighted by Crippen LogP contribution is 2.21. The highest BCUT2D eigenvalue weighted by atomic mass is 32.2. The van der Waals surface area contributed by atoms with Crippen LogP contribution in [-0.2, 0) is 4.79 Å². The number of nitrogens with zero attached hydrogens (tertiary/aromatic N) is 4. The number of thioether (sulfide) groups is 1. The number of amides is 2. The van der Waals surface area contributed by atoms with Gasteiger partial charge in [-0.2, -0.15) is 4.68 Å². The Morgan fingerprint density at radius 3 is 2.53 bits per heavy atom. The van der Waals surface area contributed by atoms with Gasteiger partial charge in [-0.3, -0.25) is 9.59 Å². The summed E-state index contributed by atoms with van der Waals surface area (Å²) in [5.74, 6) is -0.488. The number of aryl methyl sites for hydroxylation is 1. The Morgan fingerprint density at radius 1 is 0.938 bits per heavy atom. The van der Waals surface area contributed by atoms with E-state index in [1.165, 1.54) is 11.8 Å². The van der Waals surface area contributed by atoms with Gasteiger partial charge >= 0.3 is 0 Å². The van der Waals surface area contributed by atoms with Gasteiger partial charge in [-0.25, -0.2) is 0 Å². The van der Waals surface area contributed by atoms with Crippen LogP contribution in [-0.4, -0.2) is 37.8 Å². The molecule has 0 aliphatic carbocycles. The molecule has 160 valence electrons. The number of tetrazole rings is 1. The minimum atomic E-state index is -0.303. The third-order valence-electron chi connectivity index (χ3n) is 4.50. The van der Waals surface area contributed by atoms with Crippen molar-refractivity contribution in [2.75, 3.05) is 16.4 Å². The summed E-state index contributed by atoms with van der Waals surface area (Å²) in [7, 11) is 0. The maximum Gasteiger partial charge on any atom is 0.257 e. The number of hydrogen-bond donors (Lipinski definition) is 2. The molecule has 0 unspecified atom stereocenters. The Balaban J connectivity index is 1.42. The number of anilines is 2. The Labute approximate surface area is 189 Å². The van der Waals surface area contributed by atoms with E-state index in [1.54, 1.807) is 41.1 Å². The second-order valence-corrected chi connectivity index (χ2v) is 7.86. The van der Waals surface area contributed by atoms with Crippen molar-refractivity contribution in [1.29, 1.82) is 0 Å². The normalized spacial score (nSPS) is 10.5. The summed E-state index contributed by atoms with van der Waals surface area (Å²) >= 11 is 1.21. The van der Waals surface area contributed by atoms with Gasteiger partial charge in [0.2, 0.25) is 11.1 Å². The van der Waals surface area contributed by atoms with Gasteiger partial charge in [-0.15, -0.1) is 5.10 Å². The maximum absolute atomic E-state index is 12.7. The highest BCUT2D eigenvalue weighted by Gasteiger charge is 2.15. The lowest BCUT2D eigenvalue weighted by atomic mass is 10.1. The molecule has 0 spiro atoms. The van der Waals surface area contributed by atoms with Gasteiger partial charge in [-0.1, -0.05) is 54.2 Å². The number of rotatable bonds is 7. The lowest BCUT2D eigenvalue weighted by Gasteiger charge is -2.11. The SMILES string of the molecule is Cc1cccc(-n2nnnc2SCC(=O)Nc2ccccc2C(=O)Nc2ccccc2)c1. The third kappa shape index (κ3) is 5.19. The van der Waals surface area contributed by atoms with Crippen molar-refractivity contribution >= 4 is 35.0 Å². The van der Waals surface area contributed by atoms with Crippen molar-refractivity contribution < 1.29 is 9.59 Å². The van der Waals surface area contributed by atoms with Crippen LogP contribution in [0.5, 0.6) is 0 Å². The van der Waals surface area contributed by atoms with Crippen LogP contribution < -0.4 is 10.6 Å². The number of carbonyl (C=O) groups excluding carboxylic acids is 2. The molecule has 0 radical (unpaired) electrons. The summed E-state index contributed by atoms with van der Waals surface area (Å²) in [4.78, 5) is 25.3. The molecule has 4 rings (SSSR count). The average molecular weight is 445 g/mol. The van der Waals surface area contributed by atoms with Crippen LogP contribution in [0.3, 0.4) is 0 Å². The fraction of sp³-hybridized carbons (Fsp3) is 0.0870. The molecule has 0 atom stereocenters. The molecule has 0 aliphatic rings. The molecule has 1 heterocycles. The molecule has 0 fully saturated rings. The van der Waals surface area contributed by atoms with Crippen molar-refractivity contribution in [3.8, 4) is 5.69 Å². The van der Waals surface area contributed by atoms with E-state index >= 15 is 0 Å². The summed E-state index contributed by atoms with van der Waals surface area (Å²) in [6, 6.07) is 23.8. The second kappa shape index (κ2) is 9.88. The molecule has 1 aromatic heterocycles. The topological polar surface area (TPSA) is 102 Å². The zero-order valence-corrected chi connectivity index (χ0v) is 18.0. The number of carbonyl (C=O) groups is 2. The van der Waals surface area contributed by atoms with Crippen LogP contribution in [0.2, 0.25) is 0 Å². The Morgan fingerprint density at radius 2 is 1.72 bits per heavy atom. The van der Waals surface area contributed by atoms with Gasteiger partial charge in [-0.05, 0) is 59.3 Å². The molecule has 0 bridgehead atoms. The molecular weight excluding hydrogens is 424 g/mol. The molecule has 32 heavy (non-hydrogen) atoms. The van der Waals surface area contributed by atoms with Gasteiger partial charge in [0.15, 0.2) is 0 Å². The first kappa shape index (κ1) is 21.3. The summed E-state index contributed by atoms with van der Waals surface area (Å²) in [5.41, 5.74) is 3.39. The first-order chi connectivity index (χ1) is 15.6. The molecule has 0 saturated carbocycles. The van der Waals surface area contributed by atoms with E-state index in [0.29, 0.717) is 22.1 Å². The fourth-order valence-corrected chi connectivity index (χ4v) is 3.71. The van der Waals surface area contributed by atoms with Crippen LogP contribution in [0.1, 0.15) is 15.9 Å². The summed E-state index contributed by atoms with van der Waals surface area (Å²) in [6.45, 7) is 1.99. The van der Waals surface area contributed by atoms with Gasteiger partial charge < -0.3 is 10.6 Å². The lowest BCUT2D eigenvalue weighted by molar-refractivity contribution is -0.113. The van der Waals surface area contributed by atoms with Gasteiger partial charge in [0.05, 0.1) is 22.7 Å². The summed E-state index contributed by atoms with van der Waals surface area (Å²) < 4.78 is 1.59. The van der Waals surface area contributed by atoms with Crippen molar-refractivity contribution in [2.24, 2.45) is 0 Å². The highest BCUT2D eigenvalue weighted by molar-refractivity contribution is 7.99. The molecule has 4 aromatic rings. The van der Waals surface area contributed by atoms with Crippen molar-refractivity contribution in [2.45, 2.75) is 12.1 Å². The van der Waals surface area contributed by atoms with E-state index in [4.69, 9.17) is 0 Å². The minimum absolute atomic E-state index is 0.0842. The number of benzene rings is 3. The molecular formula is C23H20N6O2S. The monoisotopic (exact) mass is 444 g/mol. The van der Waals surface area contributed by atoms with Crippen LogP contribution in [0, 0.1) is 6.92 Å². The van der Waals surface area contributed by atoms with E-state index in [1.807, 2.05) is 49.4 Å². The number of hydrogen-bond acceptors (Lipinski definition) is 6. The standard InChI is InChI=1S/C23H20N6O2S/c1-16-8-7-11-18(14-16)29-23(26-27-28-29)32-15-21(30)25-20-13-6-5-12-19(20)22(31)24-17-9-3-2-4-10-17/h2-14H,15H2,1H3,(H,24,31)(H,25,30). The first-order valence-electron chi connectivity index (χ1n) is 9.83. The zero-order chi connectivity index (χ0) is 22.3. The molecule has 9 heteroatoms. The van der Waals surface area contributed by atoms with Crippen molar-refractivity contribution in [1.82, 2.24) is 20.2 Å². The lowest BCUT2D eigenvalue weighted by Crippen LogP contribution is -2.19. The Hall–Kier alpha value is -3.98. The summed E-state index contributed by atoms with van der Waals surface area (Å²) in [5, 5.41) is 17.9. The van der Waals surface area contributed by atoms with Crippen molar-refractivity contribution in [3.63, 3.8) is 0 Å². The molecule has 3 aromatic carbocycles. The van der Waals surface area contributed by atoms with E-state index in [2.05, 4.69) is 26.2 Å². The van der Waals surface area contributed by atoms with Gasteiger partial charge in [0.25, 0.3) is 5.91 Å².